The molecule has 1 heterocycles. The van der Waals surface area contributed by atoms with Gasteiger partial charge in [-0.1, -0.05) is 46.4 Å². The van der Waals surface area contributed by atoms with Crippen LogP contribution in [0.25, 0.3) is 5.70 Å². The molecule has 3 rings (SSSR count). The lowest BCUT2D eigenvalue weighted by Crippen LogP contribution is -2.00. The molecule has 1 aliphatic rings. The molecule has 7 heteroatoms. The van der Waals surface area contributed by atoms with Crippen LogP contribution < -0.4 is 5.32 Å². The lowest BCUT2D eigenvalue weighted by atomic mass is 10.1. The minimum Gasteiger partial charge on any atom is -0.353 e. The first-order chi connectivity index (χ1) is 11.0. The lowest BCUT2D eigenvalue weighted by molar-refractivity contribution is 1.50. The molecule has 0 amide bonds. The molecule has 118 valence electrons. The second-order valence-corrected chi connectivity index (χ2v) is 7.23. The Morgan fingerprint density at radius 1 is 0.957 bits per heavy atom. The summed E-state index contributed by atoms with van der Waals surface area (Å²) in [7, 11) is 0. The van der Waals surface area contributed by atoms with Gasteiger partial charge in [0.15, 0.2) is 0 Å². The number of fused-ring (bicyclic) bond motifs is 1. The van der Waals surface area contributed by atoms with E-state index in [4.69, 9.17) is 46.4 Å². The summed E-state index contributed by atoms with van der Waals surface area (Å²) in [6.45, 7) is 0. The van der Waals surface area contributed by atoms with Gasteiger partial charge in [0.1, 0.15) is 0 Å². The summed E-state index contributed by atoms with van der Waals surface area (Å²) in [6.07, 6.45) is 3.89. The van der Waals surface area contributed by atoms with E-state index in [9.17, 15) is 0 Å². The van der Waals surface area contributed by atoms with E-state index >= 15 is 0 Å². The highest BCUT2D eigenvalue weighted by Gasteiger charge is 2.16. The predicted octanol–water partition coefficient (Wildman–Crippen LogP) is 7.16. The molecular weight excluding hydrogens is 394 g/mol. The summed E-state index contributed by atoms with van der Waals surface area (Å²) in [4.78, 5) is 4.61. The zero-order chi connectivity index (χ0) is 16.6. The van der Waals surface area contributed by atoms with Crippen molar-refractivity contribution in [3.63, 3.8) is 0 Å². The molecule has 1 aliphatic heterocycles. The standard InChI is InChI=1S/C16H10Cl4N2S/c1-23-16-7-13(9-3-2-8(17)4-10(9)18)21-14-5-11(19)12(20)6-15(14)22-16/h2-7,21H,1H3. The van der Waals surface area contributed by atoms with Crippen molar-refractivity contribution in [2.45, 2.75) is 0 Å². The van der Waals surface area contributed by atoms with Crippen LogP contribution in [-0.4, -0.2) is 11.3 Å². The molecule has 2 aromatic carbocycles. The summed E-state index contributed by atoms with van der Waals surface area (Å²) in [5.41, 5.74) is 3.13. The Balaban J connectivity index is 2.14. The van der Waals surface area contributed by atoms with E-state index in [1.54, 1.807) is 24.3 Å². The van der Waals surface area contributed by atoms with Crippen molar-refractivity contribution in [1.82, 2.24) is 0 Å². The number of nitrogens with one attached hydrogen (secondary N) is 1. The Morgan fingerprint density at radius 2 is 1.70 bits per heavy atom. The Morgan fingerprint density at radius 3 is 2.39 bits per heavy atom. The van der Waals surface area contributed by atoms with Crippen LogP contribution in [0.15, 0.2) is 41.4 Å². The van der Waals surface area contributed by atoms with Crippen LogP contribution in [0.5, 0.6) is 0 Å². The Hall–Kier alpha value is -0.840. The first-order valence-electron chi connectivity index (χ1n) is 6.54. The van der Waals surface area contributed by atoms with Crippen LogP contribution in [0, 0.1) is 0 Å². The van der Waals surface area contributed by atoms with E-state index in [1.807, 2.05) is 18.4 Å². The maximum absolute atomic E-state index is 6.33. The van der Waals surface area contributed by atoms with E-state index in [-0.39, 0.29) is 0 Å². The predicted molar refractivity (Wildman–Crippen MR) is 105 cm³/mol. The summed E-state index contributed by atoms with van der Waals surface area (Å²) >= 11 is 26.1. The molecule has 0 fully saturated rings. The number of benzene rings is 2. The van der Waals surface area contributed by atoms with Crippen LogP contribution in [0.1, 0.15) is 5.56 Å². The average molecular weight is 404 g/mol. The maximum Gasteiger partial charge on any atom is 0.0986 e. The van der Waals surface area contributed by atoms with Gasteiger partial charge in [0, 0.05) is 10.6 Å². The van der Waals surface area contributed by atoms with Gasteiger partial charge in [0.2, 0.25) is 0 Å². The number of aliphatic imine (C=N–C) groups is 1. The Bertz CT molecular complexity index is 846. The first-order valence-corrected chi connectivity index (χ1v) is 9.27. The smallest absolute Gasteiger partial charge is 0.0986 e. The second kappa shape index (κ2) is 6.96. The number of thioether (sulfide) groups is 1. The molecule has 0 saturated carbocycles. The highest BCUT2D eigenvalue weighted by Crippen LogP contribution is 2.39. The molecule has 0 aromatic heterocycles. The molecule has 23 heavy (non-hydrogen) atoms. The molecular formula is C16H10Cl4N2S. The van der Waals surface area contributed by atoms with Crippen molar-refractivity contribution in [3.05, 3.63) is 62.1 Å². The molecule has 0 aliphatic carbocycles. The third-order valence-corrected chi connectivity index (χ3v) is 5.13. The molecule has 0 spiro atoms. The number of hydrogen-bond acceptors (Lipinski definition) is 3. The fourth-order valence-electron chi connectivity index (χ4n) is 2.14. The first kappa shape index (κ1) is 17.0. The van der Waals surface area contributed by atoms with Gasteiger partial charge in [-0.25, -0.2) is 4.99 Å². The summed E-state index contributed by atoms with van der Waals surface area (Å²) in [6, 6.07) is 8.86. The molecule has 2 nitrogen and oxygen atoms in total. The van der Waals surface area contributed by atoms with Crippen LogP contribution in [-0.2, 0) is 0 Å². The third kappa shape index (κ3) is 3.65. The van der Waals surface area contributed by atoms with Crippen molar-refractivity contribution < 1.29 is 0 Å². The Kier molecular flexibility index (Phi) is 5.14. The minimum atomic E-state index is 0.460. The summed E-state index contributed by atoms with van der Waals surface area (Å²) in [5, 5.41) is 6.22. The molecule has 0 saturated heterocycles. The average Bonchev–Trinajstić information content (AvgIpc) is 2.67. The summed E-state index contributed by atoms with van der Waals surface area (Å²) in [5.74, 6) is 0. The third-order valence-electron chi connectivity index (χ3n) is 3.24. The maximum atomic E-state index is 6.33. The zero-order valence-electron chi connectivity index (χ0n) is 11.8. The quantitative estimate of drug-likeness (QED) is 0.546. The van der Waals surface area contributed by atoms with Gasteiger partial charge >= 0.3 is 0 Å². The van der Waals surface area contributed by atoms with Crippen LogP contribution in [0.3, 0.4) is 0 Å². The normalized spacial score (nSPS) is 13.6. The Labute approximate surface area is 158 Å². The molecule has 0 radical (unpaired) electrons. The number of nitrogens with zero attached hydrogens (tertiary/aromatic N) is 1. The van der Waals surface area contributed by atoms with E-state index in [0.29, 0.717) is 20.1 Å². The van der Waals surface area contributed by atoms with Crippen molar-refractivity contribution in [3.8, 4) is 0 Å². The van der Waals surface area contributed by atoms with Gasteiger partial charge < -0.3 is 5.32 Å². The second-order valence-electron chi connectivity index (χ2n) is 4.74. The fraction of sp³-hybridized carbons (Fsp3) is 0.0625. The van der Waals surface area contributed by atoms with Crippen molar-refractivity contribution in [1.29, 1.82) is 0 Å². The van der Waals surface area contributed by atoms with Crippen molar-refractivity contribution >= 4 is 80.3 Å². The zero-order valence-corrected chi connectivity index (χ0v) is 15.7. The van der Waals surface area contributed by atoms with E-state index in [1.165, 1.54) is 11.8 Å². The van der Waals surface area contributed by atoms with Gasteiger partial charge in [-0.3, -0.25) is 0 Å². The fourth-order valence-corrected chi connectivity index (χ4v) is 3.40. The number of hydrogen-bond donors (Lipinski definition) is 1. The minimum absolute atomic E-state index is 0.460. The molecule has 2 aromatic rings. The summed E-state index contributed by atoms with van der Waals surface area (Å²) < 4.78 is 0. The molecule has 1 N–H and O–H groups in total. The van der Waals surface area contributed by atoms with Crippen molar-refractivity contribution in [2.24, 2.45) is 4.99 Å². The monoisotopic (exact) mass is 402 g/mol. The SMILES string of the molecule is CSC1=Nc2cc(Cl)c(Cl)cc2NC(c2ccc(Cl)cc2Cl)=C1. The van der Waals surface area contributed by atoms with Crippen LogP contribution in [0.2, 0.25) is 20.1 Å². The van der Waals surface area contributed by atoms with Gasteiger partial charge in [-0.05, 0) is 42.7 Å². The van der Waals surface area contributed by atoms with Gasteiger partial charge in [0.25, 0.3) is 0 Å². The topological polar surface area (TPSA) is 24.4 Å². The highest BCUT2D eigenvalue weighted by molar-refractivity contribution is 8.13. The highest BCUT2D eigenvalue weighted by atomic mass is 35.5. The van der Waals surface area contributed by atoms with Gasteiger partial charge in [0.05, 0.1) is 37.2 Å². The molecule has 0 bridgehead atoms. The lowest BCUT2D eigenvalue weighted by Gasteiger charge is -2.13. The van der Waals surface area contributed by atoms with E-state index in [2.05, 4.69) is 10.3 Å². The van der Waals surface area contributed by atoms with Crippen molar-refractivity contribution in [2.75, 3.05) is 11.6 Å². The molecule has 0 atom stereocenters. The number of halogens is 4. The molecule has 0 unspecified atom stereocenters. The van der Waals surface area contributed by atoms with Gasteiger partial charge in [-0.15, -0.1) is 11.8 Å². The van der Waals surface area contributed by atoms with E-state index in [0.717, 1.165) is 27.7 Å². The van der Waals surface area contributed by atoms with E-state index < -0.39 is 0 Å². The number of rotatable bonds is 1. The van der Waals surface area contributed by atoms with Crippen LogP contribution >= 0.6 is 58.2 Å². The van der Waals surface area contributed by atoms with Gasteiger partial charge in [-0.2, -0.15) is 0 Å². The largest absolute Gasteiger partial charge is 0.353 e. The van der Waals surface area contributed by atoms with Crippen LogP contribution in [0.4, 0.5) is 11.4 Å². The number of anilines is 1.